The number of anilines is 2. The number of amides is 2. The topological polar surface area (TPSA) is 113 Å². The van der Waals surface area contributed by atoms with Gasteiger partial charge in [0.25, 0.3) is 10.2 Å². The van der Waals surface area contributed by atoms with Gasteiger partial charge in [0.15, 0.2) is 0 Å². The van der Waals surface area contributed by atoms with Crippen LogP contribution in [-0.4, -0.2) is 74.5 Å². The number of hydrogen-bond acceptors (Lipinski definition) is 6. The monoisotopic (exact) mass is 481 g/mol. The molecule has 0 spiro atoms. The van der Waals surface area contributed by atoms with Gasteiger partial charge < -0.3 is 20.1 Å². The summed E-state index contributed by atoms with van der Waals surface area (Å²) in [6.07, 6.45) is 1.38. The third-order valence-electron chi connectivity index (χ3n) is 5.04. The zero-order chi connectivity index (χ0) is 24.2. The van der Waals surface area contributed by atoms with Crippen molar-refractivity contribution in [3.05, 3.63) is 48.0 Å². The maximum atomic E-state index is 14.2. The van der Waals surface area contributed by atoms with Gasteiger partial charge in [0.2, 0.25) is 0 Å². The van der Waals surface area contributed by atoms with Gasteiger partial charge in [-0.3, -0.25) is 4.98 Å². The highest BCUT2D eigenvalue weighted by Crippen LogP contribution is 2.28. The Morgan fingerprint density at radius 1 is 1.24 bits per heavy atom. The summed E-state index contributed by atoms with van der Waals surface area (Å²) in [7, 11) is 0.729. The number of aromatic nitrogens is 1. The van der Waals surface area contributed by atoms with Crippen molar-refractivity contribution in [3.8, 4) is 5.75 Å². The van der Waals surface area contributed by atoms with Crippen molar-refractivity contribution in [2.45, 2.75) is 25.5 Å². The molecule has 2 amide bonds. The van der Waals surface area contributed by atoms with Crippen LogP contribution < -0.4 is 15.4 Å². The van der Waals surface area contributed by atoms with Crippen molar-refractivity contribution in [3.63, 3.8) is 0 Å². The van der Waals surface area contributed by atoms with Crippen molar-refractivity contribution in [2.24, 2.45) is 0 Å². The molecule has 0 saturated carbocycles. The van der Waals surface area contributed by atoms with Gasteiger partial charge in [-0.25, -0.2) is 9.18 Å². The minimum Gasteiger partial charge on any atom is -0.489 e. The van der Waals surface area contributed by atoms with E-state index in [4.69, 9.17) is 9.47 Å². The Morgan fingerprint density at radius 2 is 1.97 bits per heavy atom. The van der Waals surface area contributed by atoms with E-state index in [1.165, 1.54) is 43.8 Å². The lowest BCUT2D eigenvalue weighted by Gasteiger charge is -2.26. The molecular weight excluding hydrogens is 453 g/mol. The first kappa shape index (κ1) is 24.8. The van der Waals surface area contributed by atoms with E-state index in [9.17, 15) is 17.6 Å². The number of rotatable bonds is 8. The summed E-state index contributed by atoms with van der Waals surface area (Å²) in [5.74, 6) is -0.434. The number of aryl methyl sites for hydroxylation is 1. The predicted octanol–water partition coefficient (Wildman–Crippen LogP) is 2.45. The minimum absolute atomic E-state index is 0.0920. The molecule has 0 radical (unpaired) electrons. The lowest BCUT2D eigenvalue weighted by molar-refractivity contribution is 0.145. The third-order valence-corrected chi connectivity index (χ3v) is 7.01. The molecule has 10 nitrogen and oxygen atoms in total. The molecule has 2 aromatic rings. The molecule has 180 valence electrons. The second-order valence-electron chi connectivity index (χ2n) is 7.89. The minimum atomic E-state index is -3.68. The van der Waals surface area contributed by atoms with Crippen LogP contribution >= 0.6 is 0 Å². The molecule has 0 bridgehead atoms. The van der Waals surface area contributed by atoms with Gasteiger partial charge in [-0.05, 0) is 25.1 Å². The van der Waals surface area contributed by atoms with Crippen LogP contribution in [0.25, 0.3) is 0 Å². The van der Waals surface area contributed by atoms with E-state index in [0.717, 1.165) is 16.1 Å². The molecule has 3 rings (SSSR count). The van der Waals surface area contributed by atoms with Gasteiger partial charge in [0, 0.05) is 51.1 Å². The van der Waals surface area contributed by atoms with Gasteiger partial charge in [-0.15, -0.1) is 0 Å². The van der Waals surface area contributed by atoms with Crippen molar-refractivity contribution < 1.29 is 27.1 Å². The zero-order valence-electron chi connectivity index (χ0n) is 18.9. The van der Waals surface area contributed by atoms with E-state index in [0.29, 0.717) is 12.1 Å². The Hall–Kier alpha value is -2.80. The SMILES string of the molecule is COC[C@H]1C[C@@H](Oc2cc(F)cc(NC(=O)Nc3ccc(C)nc3)c2)CN1S(=O)(=O)N(C)C. The summed E-state index contributed by atoms with van der Waals surface area (Å²) in [4.78, 5) is 16.4. The third kappa shape index (κ3) is 6.38. The molecule has 1 saturated heterocycles. The number of pyridine rings is 1. The molecular formula is C21H28FN5O5S. The van der Waals surface area contributed by atoms with Gasteiger partial charge >= 0.3 is 6.03 Å². The van der Waals surface area contributed by atoms with Crippen LogP contribution in [0.1, 0.15) is 12.1 Å². The number of hydrogen-bond donors (Lipinski definition) is 2. The number of methoxy groups -OCH3 is 1. The first-order chi connectivity index (χ1) is 15.6. The fraction of sp³-hybridized carbons (Fsp3) is 0.429. The predicted molar refractivity (Wildman–Crippen MR) is 122 cm³/mol. The highest BCUT2D eigenvalue weighted by molar-refractivity contribution is 7.86. The first-order valence-electron chi connectivity index (χ1n) is 10.2. The summed E-state index contributed by atoms with van der Waals surface area (Å²) in [5.41, 5.74) is 1.49. The summed E-state index contributed by atoms with van der Waals surface area (Å²) in [5, 5.41) is 5.17. The molecule has 0 aliphatic carbocycles. The number of benzene rings is 1. The molecule has 2 atom stereocenters. The number of carbonyl (C=O) groups is 1. The molecule has 2 heterocycles. The Morgan fingerprint density at radius 3 is 2.61 bits per heavy atom. The van der Waals surface area contributed by atoms with Crippen LogP contribution in [0.15, 0.2) is 36.5 Å². The normalized spacial score (nSPS) is 19.0. The standard InChI is InChI=1S/C21H28FN5O5S/c1-14-5-6-16(11-23-14)24-21(28)25-17-7-15(22)8-19(9-17)32-20-10-18(13-31-4)27(12-20)33(29,30)26(2)3/h5-9,11,18,20H,10,12-13H2,1-4H3,(H2,24,25,28)/t18-,20-/m1/s1. The molecule has 1 aliphatic rings. The molecule has 1 aliphatic heterocycles. The quantitative estimate of drug-likeness (QED) is 0.599. The van der Waals surface area contributed by atoms with E-state index in [-0.39, 0.29) is 24.6 Å². The van der Waals surface area contributed by atoms with Crippen LogP contribution in [0.4, 0.5) is 20.6 Å². The number of halogens is 1. The Kier molecular flexibility index (Phi) is 7.84. The number of nitrogens with one attached hydrogen (secondary N) is 2. The van der Waals surface area contributed by atoms with Crippen LogP contribution in [0.2, 0.25) is 0 Å². The molecule has 33 heavy (non-hydrogen) atoms. The van der Waals surface area contributed by atoms with Crippen molar-refractivity contribution in [1.29, 1.82) is 0 Å². The van der Waals surface area contributed by atoms with E-state index >= 15 is 0 Å². The maximum Gasteiger partial charge on any atom is 0.323 e. The van der Waals surface area contributed by atoms with E-state index in [2.05, 4.69) is 15.6 Å². The van der Waals surface area contributed by atoms with E-state index in [1.807, 2.05) is 6.92 Å². The number of ether oxygens (including phenoxy) is 2. The Balaban J connectivity index is 1.69. The average Bonchev–Trinajstić information content (AvgIpc) is 3.12. The van der Waals surface area contributed by atoms with Crippen molar-refractivity contribution in [2.75, 3.05) is 45.0 Å². The number of carbonyl (C=O) groups excluding carboxylic acids is 1. The molecule has 1 aromatic heterocycles. The van der Waals surface area contributed by atoms with Gasteiger partial charge in [-0.1, -0.05) is 0 Å². The van der Waals surface area contributed by atoms with Gasteiger partial charge in [0.05, 0.1) is 31.1 Å². The highest BCUT2D eigenvalue weighted by Gasteiger charge is 2.41. The van der Waals surface area contributed by atoms with Crippen molar-refractivity contribution in [1.82, 2.24) is 13.6 Å². The van der Waals surface area contributed by atoms with Gasteiger partial charge in [-0.2, -0.15) is 17.0 Å². The number of urea groups is 1. The van der Waals surface area contributed by atoms with Crippen LogP contribution in [0.3, 0.4) is 0 Å². The fourth-order valence-corrected chi connectivity index (χ4v) is 4.80. The zero-order valence-corrected chi connectivity index (χ0v) is 19.7. The van der Waals surface area contributed by atoms with Crippen LogP contribution in [0.5, 0.6) is 5.75 Å². The van der Waals surface area contributed by atoms with E-state index < -0.39 is 34.2 Å². The summed E-state index contributed by atoms with van der Waals surface area (Å²) in [6.45, 7) is 2.13. The summed E-state index contributed by atoms with van der Waals surface area (Å²) >= 11 is 0. The molecule has 1 aromatic carbocycles. The van der Waals surface area contributed by atoms with Gasteiger partial charge in [0.1, 0.15) is 17.7 Å². The summed E-state index contributed by atoms with van der Waals surface area (Å²) < 4.78 is 53.0. The van der Waals surface area contributed by atoms with Crippen LogP contribution in [-0.2, 0) is 14.9 Å². The second kappa shape index (κ2) is 10.4. The smallest absolute Gasteiger partial charge is 0.323 e. The lowest BCUT2D eigenvalue weighted by Crippen LogP contribution is -2.44. The van der Waals surface area contributed by atoms with E-state index in [1.54, 1.807) is 12.1 Å². The van der Waals surface area contributed by atoms with Crippen LogP contribution in [0, 0.1) is 12.7 Å². The molecule has 0 unspecified atom stereocenters. The molecule has 12 heteroatoms. The Bertz CT molecular complexity index is 1080. The average molecular weight is 482 g/mol. The van der Waals surface area contributed by atoms with Crippen molar-refractivity contribution >= 4 is 27.6 Å². The maximum absolute atomic E-state index is 14.2. The Labute approximate surface area is 192 Å². The number of nitrogens with zero attached hydrogens (tertiary/aromatic N) is 3. The highest BCUT2D eigenvalue weighted by atomic mass is 32.2. The molecule has 2 N–H and O–H groups in total. The largest absolute Gasteiger partial charge is 0.489 e. The fourth-order valence-electron chi connectivity index (χ4n) is 3.50. The lowest BCUT2D eigenvalue weighted by atomic mass is 10.2. The molecule has 1 fully saturated rings. The second-order valence-corrected chi connectivity index (χ2v) is 9.98. The first-order valence-corrected chi connectivity index (χ1v) is 11.6. The summed E-state index contributed by atoms with van der Waals surface area (Å²) in [6, 6.07) is 6.29.